The summed E-state index contributed by atoms with van der Waals surface area (Å²) in [5.74, 6) is -0.338. The Labute approximate surface area is 111 Å². The van der Waals surface area contributed by atoms with Gasteiger partial charge in [-0.1, -0.05) is 18.2 Å². The van der Waals surface area contributed by atoms with Crippen molar-refractivity contribution in [2.24, 2.45) is 0 Å². The number of nitrogens with one attached hydrogen (secondary N) is 2. The van der Waals surface area contributed by atoms with E-state index in [1.807, 2.05) is 24.3 Å². The van der Waals surface area contributed by atoms with Gasteiger partial charge < -0.3 is 10.3 Å². The molecule has 0 saturated carbocycles. The Balaban J connectivity index is 2.16. The summed E-state index contributed by atoms with van der Waals surface area (Å²) in [6.07, 6.45) is 2.79. The molecule has 1 aromatic heterocycles. The number of amides is 1. The van der Waals surface area contributed by atoms with Crippen molar-refractivity contribution in [2.75, 3.05) is 12.0 Å². The SMILES string of the molecule is CC(CS(C)(=O)=O)NC(=O)c1c[nH]c2ccccc12. The average Bonchev–Trinajstić information content (AvgIpc) is 2.69. The number of sulfone groups is 1. The fourth-order valence-electron chi connectivity index (χ4n) is 2.06. The number of aromatic amines is 1. The number of carbonyl (C=O) groups is 1. The number of aromatic nitrogens is 1. The minimum atomic E-state index is -3.10. The van der Waals surface area contributed by atoms with Crippen LogP contribution in [0.3, 0.4) is 0 Å². The number of benzene rings is 1. The second-order valence-corrected chi connectivity index (χ2v) is 6.90. The Morgan fingerprint density at radius 3 is 2.74 bits per heavy atom. The minimum absolute atomic E-state index is 0.0684. The van der Waals surface area contributed by atoms with Crippen LogP contribution in [0.4, 0.5) is 0 Å². The summed E-state index contributed by atoms with van der Waals surface area (Å²) in [5.41, 5.74) is 1.40. The van der Waals surface area contributed by atoms with Crippen molar-refractivity contribution in [1.29, 1.82) is 0 Å². The molecule has 1 amide bonds. The molecule has 1 unspecified atom stereocenters. The molecule has 0 saturated heterocycles. The molecular weight excluding hydrogens is 264 g/mol. The van der Waals surface area contributed by atoms with Crippen LogP contribution in [0.25, 0.3) is 10.9 Å². The van der Waals surface area contributed by atoms with E-state index in [2.05, 4.69) is 10.3 Å². The van der Waals surface area contributed by atoms with Gasteiger partial charge in [0.05, 0.1) is 11.3 Å². The highest BCUT2D eigenvalue weighted by molar-refractivity contribution is 7.90. The second kappa shape index (κ2) is 5.05. The zero-order valence-corrected chi connectivity index (χ0v) is 11.6. The van der Waals surface area contributed by atoms with E-state index in [1.165, 1.54) is 0 Å². The Hall–Kier alpha value is -1.82. The highest BCUT2D eigenvalue weighted by Gasteiger charge is 2.16. The molecule has 19 heavy (non-hydrogen) atoms. The molecule has 6 heteroatoms. The summed E-state index contributed by atoms with van der Waals surface area (Å²) in [7, 11) is -3.10. The molecule has 0 fully saturated rings. The molecule has 1 atom stereocenters. The van der Waals surface area contributed by atoms with Crippen molar-refractivity contribution >= 4 is 26.6 Å². The van der Waals surface area contributed by atoms with Gasteiger partial charge in [0.2, 0.25) is 0 Å². The molecule has 0 aliphatic carbocycles. The number of hydrogen-bond donors (Lipinski definition) is 2. The van der Waals surface area contributed by atoms with E-state index in [4.69, 9.17) is 0 Å². The first-order valence-corrected chi connectivity index (χ1v) is 7.97. The lowest BCUT2D eigenvalue weighted by molar-refractivity contribution is 0.0945. The second-order valence-electron chi connectivity index (χ2n) is 4.71. The van der Waals surface area contributed by atoms with Crippen molar-refractivity contribution in [3.8, 4) is 0 Å². The van der Waals surface area contributed by atoms with E-state index in [0.29, 0.717) is 5.56 Å². The average molecular weight is 280 g/mol. The molecule has 2 aromatic rings. The number of hydrogen-bond acceptors (Lipinski definition) is 3. The molecule has 0 spiro atoms. The van der Waals surface area contributed by atoms with Gasteiger partial charge in [-0.2, -0.15) is 0 Å². The summed E-state index contributed by atoms with van der Waals surface area (Å²) in [6.45, 7) is 1.67. The van der Waals surface area contributed by atoms with Gasteiger partial charge in [0, 0.05) is 29.4 Å². The molecule has 0 aliphatic heterocycles. The van der Waals surface area contributed by atoms with E-state index in [0.717, 1.165) is 17.2 Å². The Bertz CT molecular complexity index is 704. The van der Waals surface area contributed by atoms with Crippen LogP contribution in [-0.4, -0.2) is 37.4 Å². The quantitative estimate of drug-likeness (QED) is 0.886. The first-order chi connectivity index (χ1) is 8.87. The summed E-state index contributed by atoms with van der Waals surface area (Å²) in [6, 6.07) is 7.05. The number of para-hydroxylation sites is 1. The summed E-state index contributed by atoms with van der Waals surface area (Å²) in [4.78, 5) is 15.1. The van der Waals surface area contributed by atoms with Crippen LogP contribution >= 0.6 is 0 Å². The molecule has 0 bridgehead atoms. The Morgan fingerprint density at radius 2 is 2.05 bits per heavy atom. The summed E-state index contributed by atoms with van der Waals surface area (Å²) >= 11 is 0. The van der Waals surface area contributed by atoms with E-state index in [9.17, 15) is 13.2 Å². The van der Waals surface area contributed by atoms with Gasteiger partial charge in [0.15, 0.2) is 0 Å². The number of rotatable bonds is 4. The lowest BCUT2D eigenvalue weighted by atomic mass is 10.1. The summed E-state index contributed by atoms with van der Waals surface area (Å²) in [5, 5.41) is 3.52. The minimum Gasteiger partial charge on any atom is -0.360 e. The first kappa shape index (κ1) is 13.6. The van der Waals surface area contributed by atoms with Crippen LogP contribution in [0.2, 0.25) is 0 Å². The fraction of sp³-hybridized carbons (Fsp3) is 0.308. The molecule has 5 nitrogen and oxygen atoms in total. The number of H-pyrrole nitrogens is 1. The van der Waals surface area contributed by atoms with Crippen LogP contribution in [0.5, 0.6) is 0 Å². The van der Waals surface area contributed by atoms with Gasteiger partial charge in [0.1, 0.15) is 9.84 Å². The molecule has 0 aliphatic rings. The van der Waals surface area contributed by atoms with E-state index in [1.54, 1.807) is 13.1 Å². The van der Waals surface area contributed by atoms with E-state index >= 15 is 0 Å². The maximum absolute atomic E-state index is 12.1. The highest BCUT2D eigenvalue weighted by atomic mass is 32.2. The van der Waals surface area contributed by atoms with Crippen LogP contribution in [-0.2, 0) is 9.84 Å². The Kier molecular flexibility index (Phi) is 3.61. The molecule has 1 aromatic carbocycles. The highest BCUT2D eigenvalue weighted by Crippen LogP contribution is 2.17. The van der Waals surface area contributed by atoms with Crippen LogP contribution < -0.4 is 5.32 Å². The van der Waals surface area contributed by atoms with Crippen LogP contribution in [0.15, 0.2) is 30.5 Å². The molecule has 2 N–H and O–H groups in total. The van der Waals surface area contributed by atoms with Crippen molar-refractivity contribution in [3.05, 3.63) is 36.0 Å². The van der Waals surface area contributed by atoms with Crippen molar-refractivity contribution in [1.82, 2.24) is 10.3 Å². The van der Waals surface area contributed by atoms with Crippen molar-refractivity contribution < 1.29 is 13.2 Å². The molecule has 102 valence electrons. The van der Waals surface area contributed by atoms with Gasteiger partial charge in [-0.05, 0) is 13.0 Å². The largest absolute Gasteiger partial charge is 0.360 e. The maximum atomic E-state index is 12.1. The van der Waals surface area contributed by atoms with E-state index < -0.39 is 15.9 Å². The third-order valence-corrected chi connectivity index (χ3v) is 3.87. The van der Waals surface area contributed by atoms with Gasteiger partial charge in [-0.15, -0.1) is 0 Å². The van der Waals surface area contributed by atoms with Gasteiger partial charge in [-0.25, -0.2) is 8.42 Å². The van der Waals surface area contributed by atoms with Gasteiger partial charge >= 0.3 is 0 Å². The van der Waals surface area contributed by atoms with Gasteiger partial charge in [0.25, 0.3) is 5.91 Å². The lowest BCUT2D eigenvalue weighted by Gasteiger charge is -2.12. The van der Waals surface area contributed by atoms with Crippen LogP contribution in [0.1, 0.15) is 17.3 Å². The van der Waals surface area contributed by atoms with Gasteiger partial charge in [-0.3, -0.25) is 4.79 Å². The predicted octanol–water partition coefficient (Wildman–Crippen LogP) is 1.33. The van der Waals surface area contributed by atoms with E-state index in [-0.39, 0.29) is 11.7 Å². The fourth-order valence-corrected chi connectivity index (χ4v) is 3.05. The first-order valence-electron chi connectivity index (χ1n) is 5.91. The third kappa shape index (κ3) is 3.35. The lowest BCUT2D eigenvalue weighted by Crippen LogP contribution is -2.37. The molecule has 2 rings (SSSR count). The standard InChI is InChI=1S/C13H16N2O3S/c1-9(8-19(2,17)18)15-13(16)11-7-14-12-6-4-3-5-10(11)12/h3-7,9,14H,8H2,1-2H3,(H,15,16). The number of fused-ring (bicyclic) bond motifs is 1. The summed E-state index contributed by atoms with van der Waals surface area (Å²) < 4.78 is 22.3. The molecular formula is C13H16N2O3S. The zero-order valence-electron chi connectivity index (χ0n) is 10.8. The van der Waals surface area contributed by atoms with Crippen LogP contribution in [0, 0.1) is 0 Å². The zero-order chi connectivity index (χ0) is 14.0. The number of carbonyl (C=O) groups excluding carboxylic acids is 1. The third-order valence-electron chi connectivity index (χ3n) is 2.76. The predicted molar refractivity (Wildman–Crippen MR) is 74.9 cm³/mol. The topological polar surface area (TPSA) is 79.0 Å². The smallest absolute Gasteiger partial charge is 0.253 e. The van der Waals surface area contributed by atoms with Crippen molar-refractivity contribution in [2.45, 2.75) is 13.0 Å². The monoisotopic (exact) mass is 280 g/mol. The Morgan fingerprint density at radius 1 is 1.37 bits per heavy atom. The molecule has 0 radical (unpaired) electrons. The van der Waals surface area contributed by atoms with Crippen molar-refractivity contribution in [3.63, 3.8) is 0 Å². The maximum Gasteiger partial charge on any atom is 0.253 e. The normalized spacial score (nSPS) is 13.4. The molecule has 1 heterocycles.